The lowest BCUT2D eigenvalue weighted by atomic mass is 9.99. The predicted octanol–water partition coefficient (Wildman–Crippen LogP) is 5.38. The number of benzene rings is 2. The normalized spacial score (nSPS) is 12.2. The van der Waals surface area contributed by atoms with Crippen molar-refractivity contribution in [1.82, 2.24) is 9.97 Å². The molecule has 0 aliphatic rings. The van der Waals surface area contributed by atoms with Gasteiger partial charge in [-0.2, -0.15) is 0 Å². The van der Waals surface area contributed by atoms with Gasteiger partial charge < -0.3 is 10.3 Å². The number of para-hydroxylation sites is 1. The molecule has 2 aromatic heterocycles. The highest BCUT2D eigenvalue weighted by Crippen LogP contribution is 2.33. The van der Waals surface area contributed by atoms with E-state index >= 15 is 0 Å². The number of H-pyrrole nitrogens is 1. The first kappa shape index (κ1) is 15.5. The van der Waals surface area contributed by atoms with E-state index < -0.39 is 0 Å². The summed E-state index contributed by atoms with van der Waals surface area (Å²) < 4.78 is 0. The summed E-state index contributed by atoms with van der Waals surface area (Å²) >= 11 is 0. The van der Waals surface area contributed by atoms with E-state index in [1.807, 2.05) is 18.3 Å². The maximum absolute atomic E-state index is 4.62. The molecule has 2 heterocycles. The molecule has 0 saturated carbocycles. The Kier molecular flexibility index (Phi) is 3.98. The zero-order chi connectivity index (χ0) is 17.2. The van der Waals surface area contributed by atoms with Crippen molar-refractivity contribution in [2.45, 2.75) is 19.9 Å². The van der Waals surface area contributed by atoms with Crippen molar-refractivity contribution in [2.24, 2.45) is 0 Å². The predicted molar refractivity (Wildman–Crippen MR) is 104 cm³/mol. The maximum Gasteiger partial charge on any atom is 0.0963 e. The third-order valence-electron chi connectivity index (χ3n) is 4.58. The van der Waals surface area contributed by atoms with E-state index in [4.69, 9.17) is 0 Å². The zero-order valence-corrected chi connectivity index (χ0v) is 14.5. The van der Waals surface area contributed by atoms with Gasteiger partial charge in [0.15, 0.2) is 0 Å². The van der Waals surface area contributed by atoms with E-state index in [0.717, 1.165) is 22.6 Å². The van der Waals surface area contributed by atoms with E-state index in [0.29, 0.717) is 0 Å². The first-order valence-corrected chi connectivity index (χ1v) is 8.54. The van der Waals surface area contributed by atoms with Gasteiger partial charge in [0.1, 0.15) is 0 Å². The average Bonchev–Trinajstić information content (AvgIpc) is 2.98. The first-order valence-electron chi connectivity index (χ1n) is 8.54. The van der Waals surface area contributed by atoms with Crippen LogP contribution in [0.3, 0.4) is 0 Å². The molecule has 0 amide bonds. The number of aromatic amines is 1. The first-order chi connectivity index (χ1) is 12.2. The van der Waals surface area contributed by atoms with E-state index in [1.54, 1.807) is 0 Å². The van der Waals surface area contributed by atoms with Crippen LogP contribution < -0.4 is 5.32 Å². The molecule has 0 aliphatic heterocycles. The van der Waals surface area contributed by atoms with Gasteiger partial charge in [0.2, 0.25) is 0 Å². The van der Waals surface area contributed by atoms with Gasteiger partial charge in [0.25, 0.3) is 0 Å². The van der Waals surface area contributed by atoms with E-state index in [9.17, 15) is 0 Å². The van der Waals surface area contributed by atoms with Gasteiger partial charge in [0.05, 0.1) is 11.7 Å². The Labute approximate surface area is 147 Å². The molecular weight excluding hydrogens is 306 g/mol. The molecule has 25 heavy (non-hydrogen) atoms. The van der Waals surface area contributed by atoms with Gasteiger partial charge in [-0.05, 0) is 44.2 Å². The molecule has 1 atom stereocenters. The molecule has 0 radical (unpaired) electrons. The fourth-order valence-electron chi connectivity index (χ4n) is 3.33. The molecule has 0 bridgehead atoms. The Balaban J connectivity index is 1.85. The molecule has 3 nitrogen and oxygen atoms in total. The molecular formula is C22H21N3. The lowest BCUT2D eigenvalue weighted by Gasteiger charge is -2.21. The summed E-state index contributed by atoms with van der Waals surface area (Å²) in [5.74, 6) is 0. The fourth-order valence-corrected chi connectivity index (χ4v) is 3.33. The summed E-state index contributed by atoms with van der Waals surface area (Å²) in [5, 5.41) is 4.91. The zero-order valence-electron chi connectivity index (χ0n) is 14.5. The topological polar surface area (TPSA) is 40.7 Å². The second kappa shape index (κ2) is 6.44. The quantitative estimate of drug-likeness (QED) is 0.528. The van der Waals surface area contributed by atoms with Crippen LogP contribution in [0.25, 0.3) is 10.9 Å². The Hall–Kier alpha value is -3.07. The number of nitrogens with one attached hydrogen (secondary N) is 2. The van der Waals surface area contributed by atoms with Crippen LogP contribution in [-0.4, -0.2) is 9.97 Å². The minimum absolute atomic E-state index is 0.0138. The molecule has 0 aliphatic carbocycles. The minimum Gasteiger partial charge on any atom is -0.373 e. The summed E-state index contributed by atoms with van der Waals surface area (Å²) in [6, 6.07) is 23.0. The van der Waals surface area contributed by atoms with Gasteiger partial charge in [0, 0.05) is 34.0 Å². The number of nitrogens with zero attached hydrogens (tertiary/aromatic N) is 1. The molecule has 1 unspecified atom stereocenters. The fraction of sp³-hybridized carbons (Fsp3) is 0.136. The Morgan fingerprint density at radius 3 is 2.40 bits per heavy atom. The van der Waals surface area contributed by atoms with Crippen LogP contribution in [0.5, 0.6) is 0 Å². The Morgan fingerprint density at radius 1 is 0.880 bits per heavy atom. The smallest absolute Gasteiger partial charge is 0.0963 e. The Bertz CT molecular complexity index is 985. The minimum atomic E-state index is -0.0138. The lowest BCUT2D eigenvalue weighted by molar-refractivity contribution is 0.883. The van der Waals surface area contributed by atoms with E-state index in [1.165, 1.54) is 16.5 Å². The molecule has 2 aromatic carbocycles. The van der Waals surface area contributed by atoms with Crippen LogP contribution in [0.4, 0.5) is 5.69 Å². The Morgan fingerprint density at radius 2 is 1.64 bits per heavy atom. The average molecular weight is 327 g/mol. The highest BCUT2D eigenvalue weighted by Gasteiger charge is 2.21. The van der Waals surface area contributed by atoms with Crippen molar-refractivity contribution >= 4 is 16.6 Å². The molecule has 4 aromatic rings. The van der Waals surface area contributed by atoms with Gasteiger partial charge in [-0.3, -0.25) is 4.98 Å². The number of hydrogen-bond acceptors (Lipinski definition) is 2. The van der Waals surface area contributed by atoms with Crippen LogP contribution in [-0.2, 0) is 0 Å². The van der Waals surface area contributed by atoms with Gasteiger partial charge >= 0.3 is 0 Å². The molecule has 0 saturated heterocycles. The third kappa shape index (κ3) is 3.01. The molecule has 0 spiro atoms. The van der Waals surface area contributed by atoms with Crippen molar-refractivity contribution in [1.29, 1.82) is 0 Å². The van der Waals surface area contributed by atoms with Crippen molar-refractivity contribution in [3.63, 3.8) is 0 Å². The molecule has 124 valence electrons. The number of pyridine rings is 1. The largest absolute Gasteiger partial charge is 0.373 e. The van der Waals surface area contributed by atoms with Crippen molar-refractivity contribution in [3.05, 3.63) is 95.4 Å². The lowest BCUT2D eigenvalue weighted by Crippen LogP contribution is -2.14. The number of aryl methyl sites for hydroxylation is 2. The maximum atomic E-state index is 4.62. The summed E-state index contributed by atoms with van der Waals surface area (Å²) in [6.45, 7) is 4.23. The van der Waals surface area contributed by atoms with Gasteiger partial charge in [-0.25, -0.2) is 0 Å². The van der Waals surface area contributed by atoms with Crippen molar-refractivity contribution in [2.75, 3.05) is 5.32 Å². The summed E-state index contributed by atoms with van der Waals surface area (Å²) in [6.07, 6.45) is 1.85. The van der Waals surface area contributed by atoms with Crippen LogP contribution in [0.15, 0.2) is 72.9 Å². The second-order valence-electron chi connectivity index (χ2n) is 6.41. The van der Waals surface area contributed by atoms with Crippen LogP contribution in [0, 0.1) is 13.8 Å². The van der Waals surface area contributed by atoms with Gasteiger partial charge in [-0.1, -0.05) is 42.0 Å². The summed E-state index contributed by atoms with van der Waals surface area (Å²) in [4.78, 5) is 8.12. The molecule has 2 N–H and O–H groups in total. The molecule has 0 fully saturated rings. The highest BCUT2D eigenvalue weighted by molar-refractivity contribution is 5.86. The summed E-state index contributed by atoms with van der Waals surface area (Å²) in [5.41, 5.74) is 6.91. The van der Waals surface area contributed by atoms with Crippen LogP contribution >= 0.6 is 0 Å². The van der Waals surface area contributed by atoms with E-state index in [2.05, 4.69) is 83.7 Å². The number of rotatable bonds is 4. The van der Waals surface area contributed by atoms with Gasteiger partial charge in [-0.15, -0.1) is 0 Å². The standard InChI is InChI=1S/C22H21N3/c1-15-10-12-17(13-11-15)25-22(20-9-5-6-14-23-20)21-16(2)24-19-8-4-3-7-18(19)21/h3-14,22,24-25H,1-2H3. The van der Waals surface area contributed by atoms with E-state index in [-0.39, 0.29) is 6.04 Å². The molecule has 4 rings (SSSR count). The van der Waals surface area contributed by atoms with Crippen LogP contribution in [0.1, 0.15) is 28.6 Å². The number of aromatic nitrogens is 2. The van der Waals surface area contributed by atoms with Crippen molar-refractivity contribution in [3.8, 4) is 0 Å². The number of anilines is 1. The number of fused-ring (bicyclic) bond motifs is 1. The second-order valence-corrected chi connectivity index (χ2v) is 6.41. The summed E-state index contributed by atoms with van der Waals surface area (Å²) in [7, 11) is 0. The number of hydrogen-bond donors (Lipinski definition) is 2. The highest BCUT2D eigenvalue weighted by atomic mass is 15.0. The monoisotopic (exact) mass is 327 g/mol. The molecule has 3 heteroatoms. The SMILES string of the molecule is Cc1ccc(NC(c2ccccn2)c2c(C)[nH]c3ccccc23)cc1. The van der Waals surface area contributed by atoms with Crippen LogP contribution in [0.2, 0.25) is 0 Å². The van der Waals surface area contributed by atoms with Crippen molar-refractivity contribution < 1.29 is 0 Å². The third-order valence-corrected chi connectivity index (χ3v) is 4.58.